The lowest BCUT2D eigenvalue weighted by atomic mass is 9.73. The monoisotopic (exact) mass is 396 g/mol. The number of nitrogens with one attached hydrogen (secondary N) is 2. The molecule has 1 fully saturated rings. The number of fused-ring (bicyclic) bond motifs is 1. The Labute approximate surface area is 171 Å². The van der Waals surface area contributed by atoms with Gasteiger partial charge in [0.2, 0.25) is 0 Å². The van der Waals surface area contributed by atoms with Gasteiger partial charge >= 0.3 is 0 Å². The SMILES string of the molecule is COc1ccccc1C1(CNC(=O)c2[nH]c3c(c2C)C(=O)CCC3)CCOCC1. The summed E-state index contributed by atoms with van der Waals surface area (Å²) in [5.74, 6) is 0.806. The number of ether oxygens (including phenoxy) is 2. The third-order valence-electron chi connectivity index (χ3n) is 6.38. The van der Waals surface area contributed by atoms with Gasteiger partial charge in [-0.25, -0.2) is 0 Å². The van der Waals surface area contributed by atoms with Gasteiger partial charge in [-0.3, -0.25) is 9.59 Å². The molecule has 0 unspecified atom stereocenters. The molecule has 1 aliphatic heterocycles. The summed E-state index contributed by atoms with van der Waals surface area (Å²) in [6, 6.07) is 8.00. The molecular formula is C23H28N2O4. The van der Waals surface area contributed by atoms with Crippen molar-refractivity contribution in [2.24, 2.45) is 0 Å². The normalized spacial score (nSPS) is 18.2. The highest BCUT2D eigenvalue weighted by Gasteiger charge is 2.37. The van der Waals surface area contributed by atoms with Crippen molar-refractivity contribution < 1.29 is 19.1 Å². The van der Waals surface area contributed by atoms with E-state index < -0.39 is 0 Å². The second kappa shape index (κ2) is 8.03. The molecule has 0 atom stereocenters. The Kier molecular flexibility index (Phi) is 5.46. The van der Waals surface area contributed by atoms with Crippen LogP contribution in [0.4, 0.5) is 0 Å². The summed E-state index contributed by atoms with van der Waals surface area (Å²) in [5.41, 5.74) is 3.74. The standard InChI is InChI=1S/C23H28N2O4/c1-15-20-17(7-5-8-18(20)26)25-21(15)22(27)24-14-23(10-12-29-13-11-23)16-6-3-4-9-19(16)28-2/h3-4,6,9,25H,5,7-8,10-14H2,1-2H3,(H,24,27). The van der Waals surface area contributed by atoms with E-state index >= 15 is 0 Å². The van der Waals surface area contributed by atoms with Crippen molar-refractivity contribution in [2.75, 3.05) is 26.9 Å². The van der Waals surface area contributed by atoms with Gasteiger partial charge in [-0.2, -0.15) is 0 Å². The summed E-state index contributed by atoms with van der Waals surface area (Å²) in [5, 5.41) is 3.13. The van der Waals surface area contributed by atoms with E-state index in [9.17, 15) is 9.59 Å². The van der Waals surface area contributed by atoms with Crippen LogP contribution in [0.25, 0.3) is 0 Å². The number of carbonyl (C=O) groups excluding carboxylic acids is 2. The highest BCUT2D eigenvalue weighted by molar-refractivity contribution is 6.04. The largest absolute Gasteiger partial charge is 0.496 e. The number of para-hydroxylation sites is 1. The number of hydrogen-bond acceptors (Lipinski definition) is 4. The van der Waals surface area contributed by atoms with Crippen molar-refractivity contribution in [3.8, 4) is 5.75 Å². The van der Waals surface area contributed by atoms with Crippen molar-refractivity contribution in [2.45, 2.75) is 44.4 Å². The van der Waals surface area contributed by atoms with Crippen LogP contribution in [0.2, 0.25) is 0 Å². The lowest BCUT2D eigenvalue weighted by Crippen LogP contribution is -2.45. The van der Waals surface area contributed by atoms with Crippen LogP contribution in [0, 0.1) is 6.92 Å². The Hall–Kier alpha value is -2.60. The number of rotatable bonds is 5. The number of benzene rings is 1. The summed E-state index contributed by atoms with van der Waals surface area (Å²) < 4.78 is 11.2. The third kappa shape index (κ3) is 3.57. The van der Waals surface area contributed by atoms with E-state index in [4.69, 9.17) is 9.47 Å². The second-order valence-electron chi connectivity index (χ2n) is 8.03. The molecule has 154 valence electrons. The maximum Gasteiger partial charge on any atom is 0.268 e. The fraction of sp³-hybridized carbons (Fsp3) is 0.478. The molecule has 1 saturated heterocycles. The number of hydrogen-bond donors (Lipinski definition) is 2. The molecular weight excluding hydrogens is 368 g/mol. The van der Waals surface area contributed by atoms with Gasteiger partial charge in [0.15, 0.2) is 5.78 Å². The van der Waals surface area contributed by atoms with Crippen LogP contribution in [0.1, 0.15) is 63.4 Å². The topological polar surface area (TPSA) is 80.4 Å². The van der Waals surface area contributed by atoms with Gasteiger partial charge in [-0.15, -0.1) is 0 Å². The molecule has 0 bridgehead atoms. The molecule has 2 aliphatic rings. The molecule has 0 radical (unpaired) electrons. The van der Waals surface area contributed by atoms with Crippen LogP contribution in [0.15, 0.2) is 24.3 Å². The molecule has 1 amide bonds. The maximum absolute atomic E-state index is 13.0. The van der Waals surface area contributed by atoms with Gasteiger partial charge in [-0.1, -0.05) is 18.2 Å². The molecule has 6 nitrogen and oxygen atoms in total. The van der Waals surface area contributed by atoms with E-state index in [1.54, 1.807) is 7.11 Å². The zero-order valence-corrected chi connectivity index (χ0v) is 17.1. The second-order valence-corrected chi connectivity index (χ2v) is 8.03. The number of Topliss-reactive ketones (excluding diaryl/α,β-unsaturated/α-hetero) is 1. The highest BCUT2D eigenvalue weighted by atomic mass is 16.5. The summed E-state index contributed by atoms with van der Waals surface area (Å²) in [4.78, 5) is 28.5. The smallest absolute Gasteiger partial charge is 0.268 e. The zero-order valence-electron chi connectivity index (χ0n) is 17.1. The Balaban J connectivity index is 1.59. The number of aromatic nitrogens is 1. The van der Waals surface area contributed by atoms with Crippen LogP contribution in [0.3, 0.4) is 0 Å². The molecule has 1 aromatic carbocycles. The average Bonchev–Trinajstić information content (AvgIpc) is 3.10. The van der Waals surface area contributed by atoms with Crippen LogP contribution >= 0.6 is 0 Å². The van der Waals surface area contributed by atoms with Gasteiger partial charge < -0.3 is 19.8 Å². The molecule has 0 saturated carbocycles. The number of carbonyl (C=O) groups is 2. The Bertz CT molecular complexity index is 925. The van der Waals surface area contributed by atoms with Crippen molar-refractivity contribution >= 4 is 11.7 Å². The number of aryl methyl sites for hydroxylation is 1. The fourth-order valence-corrected chi connectivity index (χ4v) is 4.73. The number of amides is 1. The van der Waals surface area contributed by atoms with Gasteiger partial charge in [-0.05, 0) is 44.2 Å². The first-order valence-electron chi connectivity index (χ1n) is 10.3. The van der Waals surface area contributed by atoms with Crippen LogP contribution < -0.4 is 10.1 Å². The Morgan fingerprint density at radius 3 is 2.72 bits per heavy atom. The number of ketones is 1. The highest BCUT2D eigenvalue weighted by Crippen LogP contribution is 2.39. The molecule has 6 heteroatoms. The van der Waals surface area contributed by atoms with E-state index in [0.29, 0.717) is 37.4 Å². The summed E-state index contributed by atoms with van der Waals surface area (Å²) >= 11 is 0. The first kappa shape index (κ1) is 19.7. The van der Waals surface area contributed by atoms with Crippen molar-refractivity contribution in [1.29, 1.82) is 0 Å². The lowest BCUT2D eigenvalue weighted by Gasteiger charge is -2.38. The molecule has 0 spiro atoms. The van der Waals surface area contributed by atoms with Gasteiger partial charge in [0.25, 0.3) is 5.91 Å². The van der Waals surface area contributed by atoms with Crippen molar-refractivity contribution in [1.82, 2.24) is 10.3 Å². The first-order chi connectivity index (χ1) is 14.1. The summed E-state index contributed by atoms with van der Waals surface area (Å²) in [6.45, 7) is 3.65. The zero-order chi connectivity index (χ0) is 20.4. The minimum Gasteiger partial charge on any atom is -0.496 e. The predicted octanol–water partition coefficient (Wildman–Crippen LogP) is 3.33. The van der Waals surface area contributed by atoms with E-state index in [1.807, 2.05) is 25.1 Å². The van der Waals surface area contributed by atoms with Crippen LogP contribution in [-0.2, 0) is 16.6 Å². The number of methoxy groups -OCH3 is 1. The van der Waals surface area contributed by atoms with Gasteiger partial charge in [0.05, 0.1) is 7.11 Å². The lowest BCUT2D eigenvalue weighted by molar-refractivity contribution is 0.0478. The Morgan fingerprint density at radius 2 is 2.00 bits per heavy atom. The fourth-order valence-electron chi connectivity index (χ4n) is 4.73. The minimum absolute atomic E-state index is 0.133. The van der Waals surface area contributed by atoms with Gasteiger partial charge in [0.1, 0.15) is 11.4 Å². The minimum atomic E-state index is -0.240. The maximum atomic E-state index is 13.0. The van der Waals surface area contributed by atoms with Crippen LogP contribution in [-0.4, -0.2) is 43.5 Å². The molecule has 2 aromatic rings. The van der Waals surface area contributed by atoms with Gasteiger partial charge in [0, 0.05) is 48.4 Å². The van der Waals surface area contributed by atoms with E-state index in [1.165, 1.54) is 0 Å². The molecule has 1 aromatic heterocycles. The summed E-state index contributed by atoms with van der Waals surface area (Å²) in [6.07, 6.45) is 3.84. The first-order valence-corrected chi connectivity index (χ1v) is 10.3. The average molecular weight is 396 g/mol. The van der Waals surface area contributed by atoms with E-state index in [0.717, 1.165) is 48.3 Å². The third-order valence-corrected chi connectivity index (χ3v) is 6.38. The van der Waals surface area contributed by atoms with E-state index in [-0.39, 0.29) is 17.1 Å². The summed E-state index contributed by atoms with van der Waals surface area (Å²) in [7, 11) is 1.67. The molecule has 4 rings (SSSR count). The predicted molar refractivity (Wildman–Crippen MR) is 110 cm³/mol. The molecule has 29 heavy (non-hydrogen) atoms. The van der Waals surface area contributed by atoms with Crippen molar-refractivity contribution in [3.63, 3.8) is 0 Å². The number of aromatic amines is 1. The van der Waals surface area contributed by atoms with E-state index in [2.05, 4.69) is 16.4 Å². The number of H-pyrrole nitrogens is 1. The quantitative estimate of drug-likeness (QED) is 0.812. The van der Waals surface area contributed by atoms with Crippen molar-refractivity contribution in [3.05, 3.63) is 52.3 Å². The Morgan fingerprint density at radius 1 is 1.24 bits per heavy atom. The molecule has 2 N–H and O–H groups in total. The molecule has 1 aliphatic carbocycles. The van der Waals surface area contributed by atoms with Crippen LogP contribution in [0.5, 0.6) is 5.75 Å². The molecule has 2 heterocycles.